The van der Waals surface area contributed by atoms with Crippen LogP contribution in [0.15, 0.2) is 28.8 Å². The Balaban J connectivity index is 1.24. The zero-order valence-electron chi connectivity index (χ0n) is 17.2. The smallest absolute Gasteiger partial charge is 0.276 e. The number of likely N-dealkylation sites (tertiary alicyclic amines) is 1. The molecule has 0 unspecified atom stereocenters. The summed E-state index contributed by atoms with van der Waals surface area (Å²) >= 11 is 0. The number of aryl methyl sites for hydroxylation is 1. The van der Waals surface area contributed by atoms with E-state index < -0.39 is 0 Å². The molecule has 1 saturated heterocycles. The van der Waals surface area contributed by atoms with E-state index in [2.05, 4.69) is 10.1 Å². The van der Waals surface area contributed by atoms with Gasteiger partial charge >= 0.3 is 0 Å². The predicted molar refractivity (Wildman–Crippen MR) is 109 cm³/mol. The van der Waals surface area contributed by atoms with Gasteiger partial charge in [-0.05, 0) is 75.2 Å². The Morgan fingerprint density at radius 2 is 2.07 bits per heavy atom. The molecule has 0 radical (unpaired) electrons. The van der Waals surface area contributed by atoms with Crippen molar-refractivity contribution in [2.24, 2.45) is 5.92 Å². The fraction of sp³-hybridized carbons (Fsp3) is 0.565. The maximum atomic E-state index is 13.3. The molecule has 4 rings (SSSR count). The second-order valence-corrected chi connectivity index (χ2v) is 8.49. The van der Waals surface area contributed by atoms with Crippen LogP contribution in [-0.2, 0) is 19.3 Å². The standard InChI is InChI=1S/C23H30FN3O2/c1-26(23(28)22-20-7-2-3-8-21(20)29-25-22)16-18-10-13-27(14-11-18)12-9-17-5-4-6-19(24)15-17/h4-6,15,18H,2-3,7-14,16H2,1H3. The molecule has 5 nitrogen and oxygen atoms in total. The SMILES string of the molecule is CN(CC1CCN(CCc2cccc(F)c2)CC1)C(=O)c1noc2c1CCCC2. The quantitative estimate of drug-likeness (QED) is 0.743. The Bertz CT molecular complexity index is 842. The summed E-state index contributed by atoms with van der Waals surface area (Å²) in [4.78, 5) is 17.1. The lowest BCUT2D eigenvalue weighted by molar-refractivity contribution is 0.0729. The van der Waals surface area contributed by atoms with E-state index in [4.69, 9.17) is 4.52 Å². The van der Waals surface area contributed by atoms with Crippen LogP contribution in [0.5, 0.6) is 0 Å². The highest BCUT2D eigenvalue weighted by molar-refractivity contribution is 5.93. The lowest BCUT2D eigenvalue weighted by atomic mass is 9.94. The maximum Gasteiger partial charge on any atom is 0.276 e. The molecular weight excluding hydrogens is 369 g/mol. The molecule has 0 N–H and O–H groups in total. The van der Waals surface area contributed by atoms with Crippen molar-refractivity contribution in [1.29, 1.82) is 0 Å². The third kappa shape index (κ3) is 4.86. The first-order valence-electron chi connectivity index (χ1n) is 10.8. The van der Waals surface area contributed by atoms with E-state index in [1.165, 1.54) is 6.07 Å². The molecule has 1 aliphatic heterocycles. The number of halogens is 1. The molecule has 2 heterocycles. The van der Waals surface area contributed by atoms with Gasteiger partial charge in [0.2, 0.25) is 0 Å². The zero-order valence-corrected chi connectivity index (χ0v) is 17.2. The van der Waals surface area contributed by atoms with Gasteiger partial charge in [-0.1, -0.05) is 17.3 Å². The van der Waals surface area contributed by atoms with Crippen LogP contribution in [0.2, 0.25) is 0 Å². The van der Waals surface area contributed by atoms with Crippen LogP contribution >= 0.6 is 0 Å². The molecule has 0 bridgehead atoms. The highest BCUT2D eigenvalue weighted by Crippen LogP contribution is 2.26. The van der Waals surface area contributed by atoms with Crippen LogP contribution in [0.3, 0.4) is 0 Å². The summed E-state index contributed by atoms with van der Waals surface area (Å²) in [7, 11) is 1.88. The number of amides is 1. The summed E-state index contributed by atoms with van der Waals surface area (Å²) in [6.45, 7) is 3.77. The van der Waals surface area contributed by atoms with E-state index in [-0.39, 0.29) is 11.7 Å². The van der Waals surface area contributed by atoms with Crippen LogP contribution in [0.4, 0.5) is 4.39 Å². The number of carbonyl (C=O) groups excluding carboxylic acids is 1. The van der Waals surface area contributed by atoms with Gasteiger partial charge in [-0.2, -0.15) is 0 Å². The number of piperidine rings is 1. The highest BCUT2D eigenvalue weighted by Gasteiger charge is 2.28. The van der Waals surface area contributed by atoms with Gasteiger partial charge in [0.25, 0.3) is 5.91 Å². The molecule has 1 aromatic carbocycles. The fourth-order valence-electron chi connectivity index (χ4n) is 4.58. The summed E-state index contributed by atoms with van der Waals surface area (Å²) in [6.07, 6.45) is 7.05. The van der Waals surface area contributed by atoms with E-state index in [0.717, 1.165) is 88.0 Å². The van der Waals surface area contributed by atoms with E-state index in [0.29, 0.717) is 11.6 Å². The second-order valence-electron chi connectivity index (χ2n) is 8.49. The van der Waals surface area contributed by atoms with Gasteiger partial charge in [-0.25, -0.2) is 4.39 Å². The Kier molecular flexibility index (Phi) is 6.28. The highest BCUT2D eigenvalue weighted by atomic mass is 19.1. The van der Waals surface area contributed by atoms with Gasteiger partial charge in [-0.3, -0.25) is 4.79 Å². The van der Waals surface area contributed by atoms with Gasteiger partial charge in [0.15, 0.2) is 5.69 Å². The molecule has 0 spiro atoms. The number of hydrogen-bond acceptors (Lipinski definition) is 4. The summed E-state index contributed by atoms with van der Waals surface area (Å²) in [6, 6.07) is 6.87. The van der Waals surface area contributed by atoms with Crippen molar-refractivity contribution < 1.29 is 13.7 Å². The topological polar surface area (TPSA) is 49.6 Å². The molecule has 1 aliphatic carbocycles. The van der Waals surface area contributed by atoms with Crippen molar-refractivity contribution in [3.05, 3.63) is 52.7 Å². The van der Waals surface area contributed by atoms with Crippen LogP contribution in [0.1, 0.15) is 53.1 Å². The molecule has 2 aliphatic rings. The Morgan fingerprint density at radius 3 is 2.86 bits per heavy atom. The van der Waals surface area contributed by atoms with E-state index >= 15 is 0 Å². The van der Waals surface area contributed by atoms with Gasteiger partial charge in [0.05, 0.1) is 0 Å². The summed E-state index contributed by atoms with van der Waals surface area (Å²) in [5.74, 6) is 1.24. The third-order valence-corrected chi connectivity index (χ3v) is 6.34. The van der Waals surface area contributed by atoms with Crippen molar-refractivity contribution >= 4 is 5.91 Å². The molecule has 29 heavy (non-hydrogen) atoms. The zero-order chi connectivity index (χ0) is 20.2. The molecule has 2 aromatic rings. The first-order chi connectivity index (χ1) is 14.1. The Labute approximate surface area is 171 Å². The van der Waals surface area contributed by atoms with E-state index in [1.807, 2.05) is 18.0 Å². The minimum atomic E-state index is -0.165. The molecule has 6 heteroatoms. The van der Waals surface area contributed by atoms with Gasteiger partial charge in [0, 0.05) is 32.1 Å². The third-order valence-electron chi connectivity index (χ3n) is 6.34. The van der Waals surface area contributed by atoms with Crippen molar-refractivity contribution in [3.8, 4) is 0 Å². The van der Waals surface area contributed by atoms with Crippen molar-refractivity contribution in [1.82, 2.24) is 15.0 Å². The first-order valence-corrected chi connectivity index (χ1v) is 10.8. The number of fused-ring (bicyclic) bond motifs is 1. The molecular formula is C23H30FN3O2. The molecule has 1 aromatic heterocycles. The van der Waals surface area contributed by atoms with Crippen molar-refractivity contribution in [2.45, 2.75) is 44.9 Å². The molecule has 1 fully saturated rings. The number of hydrogen-bond donors (Lipinski definition) is 0. The minimum absolute atomic E-state index is 0.00886. The van der Waals surface area contributed by atoms with Crippen molar-refractivity contribution in [3.63, 3.8) is 0 Å². The summed E-state index contributed by atoms with van der Waals surface area (Å²) in [5, 5.41) is 4.08. The monoisotopic (exact) mass is 399 g/mol. The van der Waals surface area contributed by atoms with Gasteiger partial charge < -0.3 is 14.3 Å². The number of rotatable bonds is 6. The number of nitrogens with zero attached hydrogens (tertiary/aromatic N) is 3. The average Bonchev–Trinajstić information content (AvgIpc) is 3.17. The predicted octanol–water partition coefficient (Wildman–Crippen LogP) is 3.72. The van der Waals surface area contributed by atoms with Gasteiger partial charge in [0.1, 0.15) is 11.6 Å². The largest absolute Gasteiger partial charge is 0.360 e. The minimum Gasteiger partial charge on any atom is -0.360 e. The van der Waals surface area contributed by atoms with Crippen LogP contribution in [-0.4, -0.2) is 54.1 Å². The van der Waals surface area contributed by atoms with E-state index in [1.54, 1.807) is 12.1 Å². The molecule has 0 atom stereocenters. The van der Waals surface area contributed by atoms with Crippen LogP contribution < -0.4 is 0 Å². The van der Waals surface area contributed by atoms with Gasteiger partial charge in [-0.15, -0.1) is 0 Å². The number of benzene rings is 1. The first kappa shape index (κ1) is 20.1. The summed E-state index contributed by atoms with van der Waals surface area (Å²) < 4.78 is 18.7. The molecule has 1 amide bonds. The normalized spacial score (nSPS) is 17.9. The van der Waals surface area contributed by atoms with Crippen LogP contribution in [0.25, 0.3) is 0 Å². The lowest BCUT2D eigenvalue weighted by Crippen LogP contribution is -2.40. The number of aromatic nitrogens is 1. The summed E-state index contributed by atoms with van der Waals surface area (Å²) in [5.41, 5.74) is 2.60. The molecule has 156 valence electrons. The molecule has 0 saturated carbocycles. The maximum absolute atomic E-state index is 13.3. The second kappa shape index (κ2) is 9.08. The Morgan fingerprint density at radius 1 is 1.28 bits per heavy atom. The van der Waals surface area contributed by atoms with Crippen molar-refractivity contribution in [2.75, 3.05) is 33.2 Å². The number of carbonyl (C=O) groups is 1. The fourth-order valence-corrected chi connectivity index (χ4v) is 4.58. The van der Waals surface area contributed by atoms with Crippen LogP contribution in [0, 0.1) is 11.7 Å². The van der Waals surface area contributed by atoms with E-state index in [9.17, 15) is 9.18 Å². The lowest BCUT2D eigenvalue weighted by Gasteiger charge is -2.33. The Hall–Kier alpha value is -2.21. The average molecular weight is 400 g/mol.